The third-order valence-corrected chi connectivity index (χ3v) is 4.96. The van der Waals surface area contributed by atoms with Crippen LogP contribution in [0.15, 0.2) is 23.1 Å². The molecule has 2 heterocycles. The first-order valence-corrected chi connectivity index (χ1v) is 7.52. The maximum atomic E-state index is 12.3. The molecule has 0 aliphatic carbocycles. The zero-order valence-electron chi connectivity index (χ0n) is 10.3. The fraction of sp³-hybridized carbons (Fsp3) is 0.231. The molecule has 0 amide bonds. The minimum Gasteiger partial charge on any atom is -0.480 e. The molecule has 1 saturated heterocycles. The second kappa shape index (κ2) is 5.53. The van der Waals surface area contributed by atoms with Crippen LogP contribution in [0.1, 0.15) is 10.4 Å². The van der Waals surface area contributed by atoms with Crippen LogP contribution >= 0.6 is 35.0 Å². The molecule has 3 rings (SSSR count). The molecule has 0 radical (unpaired) electrons. The van der Waals surface area contributed by atoms with Crippen LogP contribution < -0.4 is 4.74 Å². The van der Waals surface area contributed by atoms with Crippen LogP contribution in [0.4, 0.5) is 0 Å². The van der Waals surface area contributed by atoms with Gasteiger partial charge in [0.15, 0.2) is 6.61 Å². The molecule has 0 bridgehead atoms. The monoisotopic (exact) mass is 346 g/mol. The number of halogens is 2. The molecule has 2 aliphatic rings. The highest BCUT2D eigenvalue weighted by Crippen LogP contribution is 2.47. The number of carboxylic acids is 1. The van der Waals surface area contributed by atoms with Gasteiger partial charge >= 0.3 is 5.97 Å². The molecule has 0 spiro atoms. The van der Waals surface area contributed by atoms with E-state index in [0.29, 0.717) is 4.91 Å². The number of carbonyl (C=O) groups excluding carboxylic acids is 1. The van der Waals surface area contributed by atoms with Crippen LogP contribution in [-0.4, -0.2) is 35.0 Å². The smallest absolute Gasteiger partial charge is 0.341 e. The number of rotatable bonds is 5. The lowest BCUT2D eigenvalue weighted by atomic mass is 10.1. The van der Waals surface area contributed by atoms with Crippen molar-refractivity contribution in [3.05, 3.63) is 38.7 Å². The number of benzene rings is 1. The van der Waals surface area contributed by atoms with E-state index in [1.54, 1.807) is 6.08 Å². The number of Topliss-reactive ketones (excluding diaryl/α,β-unsaturated/α-hetero) is 1. The van der Waals surface area contributed by atoms with Gasteiger partial charge in [-0.15, -0.1) is 0 Å². The van der Waals surface area contributed by atoms with E-state index in [-0.39, 0.29) is 38.7 Å². The lowest BCUT2D eigenvalue weighted by Gasteiger charge is -2.10. The van der Waals surface area contributed by atoms with E-state index < -0.39 is 12.6 Å². The van der Waals surface area contributed by atoms with Gasteiger partial charge in [0, 0.05) is 5.56 Å². The van der Waals surface area contributed by atoms with Crippen LogP contribution in [-0.2, 0) is 9.53 Å². The summed E-state index contributed by atoms with van der Waals surface area (Å²) in [4.78, 5) is 23.4. The molecule has 1 fully saturated rings. The number of hydrogen-bond acceptors (Lipinski definition) is 5. The molecule has 21 heavy (non-hydrogen) atoms. The van der Waals surface area contributed by atoms with Gasteiger partial charge in [0.2, 0.25) is 5.78 Å². The summed E-state index contributed by atoms with van der Waals surface area (Å²) in [5.74, 6) is -1.23. The predicted octanol–water partition coefficient (Wildman–Crippen LogP) is 3.00. The van der Waals surface area contributed by atoms with E-state index in [1.807, 2.05) is 0 Å². The first-order valence-electron chi connectivity index (χ1n) is 5.88. The molecule has 0 aromatic heterocycles. The second-order valence-electron chi connectivity index (χ2n) is 4.37. The van der Waals surface area contributed by atoms with E-state index in [0.717, 1.165) is 0 Å². The van der Waals surface area contributed by atoms with Crippen LogP contribution in [0, 0.1) is 0 Å². The van der Waals surface area contributed by atoms with Crippen molar-refractivity contribution >= 4 is 46.7 Å². The van der Waals surface area contributed by atoms with Gasteiger partial charge in [-0.3, -0.25) is 4.79 Å². The normalized spacial score (nSPS) is 22.5. The van der Waals surface area contributed by atoms with Gasteiger partial charge in [-0.1, -0.05) is 35.0 Å². The fourth-order valence-electron chi connectivity index (χ4n) is 1.86. The molecule has 5 nitrogen and oxygen atoms in total. The van der Waals surface area contributed by atoms with E-state index in [1.165, 1.54) is 23.9 Å². The Hall–Kier alpha value is -1.21. The molecule has 8 heteroatoms. The Morgan fingerprint density at radius 2 is 2.10 bits per heavy atom. The number of ether oxygens (including phenoxy) is 2. The quantitative estimate of drug-likeness (QED) is 0.652. The highest BCUT2D eigenvalue weighted by Gasteiger charge is 2.45. The SMILES string of the molecule is O=C(O)COc1ccc(C(=O)C2=CC3OC3S2)c(Cl)c1Cl. The second-order valence-corrected chi connectivity index (χ2v) is 6.26. The minimum absolute atomic E-state index is 0.0152. The van der Waals surface area contributed by atoms with E-state index in [9.17, 15) is 9.59 Å². The summed E-state index contributed by atoms with van der Waals surface area (Å²) in [5, 5.41) is 8.64. The Morgan fingerprint density at radius 3 is 2.71 bits per heavy atom. The average molecular weight is 347 g/mol. The number of carboxylic acid groups (broad SMARTS) is 1. The van der Waals surface area contributed by atoms with Crippen molar-refractivity contribution in [2.24, 2.45) is 0 Å². The summed E-state index contributed by atoms with van der Waals surface area (Å²) >= 11 is 13.5. The molecule has 0 saturated carbocycles. The average Bonchev–Trinajstić information content (AvgIpc) is 3.06. The number of epoxide rings is 1. The largest absolute Gasteiger partial charge is 0.480 e. The topological polar surface area (TPSA) is 76.1 Å². The highest BCUT2D eigenvalue weighted by molar-refractivity contribution is 8.05. The summed E-state index contributed by atoms with van der Waals surface area (Å²) in [6, 6.07) is 2.90. The van der Waals surface area contributed by atoms with Gasteiger partial charge in [-0.25, -0.2) is 4.79 Å². The van der Waals surface area contributed by atoms with Gasteiger partial charge in [0.1, 0.15) is 22.3 Å². The molecule has 1 N–H and O–H groups in total. The van der Waals surface area contributed by atoms with Crippen LogP contribution in [0.25, 0.3) is 0 Å². The first-order chi connectivity index (χ1) is 9.97. The lowest BCUT2D eigenvalue weighted by Crippen LogP contribution is -2.10. The molecule has 2 aliphatic heterocycles. The Bertz CT molecular complexity index is 673. The zero-order valence-corrected chi connectivity index (χ0v) is 12.7. The van der Waals surface area contributed by atoms with Gasteiger partial charge in [0.25, 0.3) is 0 Å². The predicted molar refractivity (Wildman–Crippen MR) is 78.3 cm³/mol. The fourth-order valence-corrected chi connectivity index (χ4v) is 3.39. The van der Waals surface area contributed by atoms with Crippen molar-refractivity contribution in [1.82, 2.24) is 0 Å². The van der Waals surface area contributed by atoms with Crippen molar-refractivity contribution in [3.63, 3.8) is 0 Å². The summed E-state index contributed by atoms with van der Waals surface area (Å²) in [7, 11) is 0. The number of aliphatic carboxylic acids is 1. The Morgan fingerprint density at radius 1 is 1.33 bits per heavy atom. The van der Waals surface area contributed by atoms with Crippen molar-refractivity contribution in [1.29, 1.82) is 0 Å². The number of carbonyl (C=O) groups is 2. The van der Waals surface area contributed by atoms with Gasteiger partial charge < -0.3 is 14.6 Å². The number of allylic oxidation sites excluding steroid dienone is 1. The van der Waals surface area contributed by atoms with Gasteiger partial charge in [0.05, 0.1) is 9.93 Å². The van der Waals surface area contributed by atoms with E-state index in [4.69, 9.17) is 37.8 Å². The zero-order chi connectivity index (χ0) is 15.1. The highest BCUT2D eigenvalue weighted by atomic mass is 35.5. The Balaban J connectivity index is 1.83. The van der Waals surface area contributed by atoms with Crippen molar-refractivity contribution in [2.75, 3.05) is 6.61 Å². The minimum atomic E-state index is -1.13. The van der Waals surface area contributed by atoms with E-state index >= 15 is 0 Å². The van der Waals surface area contributed by atoms with E-state index in [2.05, 4.69) is 0 Å². The number of ketones is 1. The number of thioether (sulfide) groups is 1. The first kappa shape index (κ1) is 14.7. The summed E-state index contributed by atoms with van der Waals surface area (Å²) in [5.41, 5.74) is 0.292. The van der Waals surface area contributed by atoms with Crippen molar-refractivity contribution in [2.45, 2.75) is 11.5 Å². The lowest BCUT2D eigenvalue weighted by molar-refractivity contribution is -0.139. The van der Waals surface area contributed by atoms with Crippen LogP contribution in [0.3, 0.4) is 0 Å². The molecule has 110 valence electrons. The standard InChI is InChI=1S/C13H8Cl2O5S/c14-10-5(12(18)8-3-7-13(20-7)21-8)1-2-6(11(10)15)19-4-9(16)17/h1-3,7,13H,4H2,(H,16,17). The molecule has 2 atom stereocenters. The summed E-state index contributed by atoms with van der Waals surface area (Å²) < 4.78 is 10.2. The Labute approximate surface area is 133 Å². The Kier molecular flexibility index (Phi) is 3.88. The summed E-state index contributed by atoms with van der Waals surface area (Å²) in [6.45, 7) is -0.537. The van der Waals surface area contributed by atoms with Gasteiger partial charge in [-0.05, 0) is 18.2 Å². The molecular weight excluding hydrogens is 339 g/mol. The molecule has 1 aromatic rings. The third kappa shape index (κ3) is 2.89. The summed E-state index contributed by atoms with van der Waals surface area (Å²) in [6.07, 6.45) is 1.78. The number of fused-ring (bicyclic) bond motifs is 1. The third-order valence-electron chi connectivity index (χ3n) is 2.91. The van der Waals surface area contributed by atoms with Crippen molar-refractivity contribution < 1.29 is 24.2 Å². The molecule has 1 aromatic carbocycles. The van der Waals surface area contributed by atoms with Crippen LogP contribution in [0.2, 0.25) is 10.0 Å². The maximum Gasteiger partial charge on any atom is 0.341 e. The molecular formula is C13H8Cl2O5S. The maximum absolute atomic E-state index is 12.3. The van der Waals surface area contributed by atoms with Crippen LogP contribution in [0.5, 0.6) is 5.75 Å². The number of hydrogen-bond donors (Lipinski definition) is 1. The molecule has 2 unspecified atom stereocenters. The van der Waals surface area contributed by atoms with Gasteiger partial charge in [-0.2, -0.15) is 0 Å². The van der Waals surface area contributed by atoms with Crippen molar-refractivity contribution in [3.8, 4) is 5.75 Å².